The third-order valence-corrected chi connectivity index (χ3v) is 2.69. The Labute approximate surface area is 132 Å². The standard InChI is InChI=1S/C12H25N3O3.HI/c1-13-12(14-5-8-16-2)15-6-9-17-10-11-4-3-7-18-11;/h11H,3-10H2,1-2H3,(H2,13,14,15);1H. The second-order valence-corrected chi connectivity index (χ2v) is 4.13. The van der Waals surface area contributed by atoms with Crippen molar-refractivity contribution in [1.29, 1.82) is 0 Å². The number of rotatable bonds is 8. The van der Waals surface area contributed by atoms with Crippen molar-refractivity contribution in [2.24, 2.45) is 4.99 Å². The first-order valence-corrected chi connectivity index (χ1v) is 6.49. The fraction of sp³-hybridized carbons (Fsp3) is 0.917. The van der Waals surface area contributed by atoms with E-state index in [-0.39, 0.29) is 24.0 Å². The highest BCUT2D eigenvalue weighted by Gasteiger charge is 2.14. The molecular weight excluding hydrogens is 361 g/mol. The number of aliphatic imine (C=N–C) groups is 1. The van der Waals surface area contributed by atoms with Crippen LogP contribution in [-0.4, -0.2) is 65.7 Å². The van der Waals surface area contributed by atoms with Crippen molar-refractivity contribution in [2.45, 2.75) is 18.9 Å². The first-order valence-electron chi connectivity index (χ1n) is 6.49. The minimum Gasteiger partial charge on any atom is -0.383 e. The summed E-state index contributed by atoms with van der Waals surface area (Å²) in [5.41, 5.74) is 0. The molecule has 0 aromatic carbocycles. The molecule has 1 fully saturated rings. The molecule has 0 radical (unpaired) electrons. The van der Waals surface area contributed by atoms with Gasteiger partial charge in [0.05, 0.1) is 25.9 Å². The molecule has 1 saturated heterocycles. The van der Waals surface area contributed by atoms with Crippen molar-refractivity contribution in [3.05, 3.63) is 0 Å². The van der Waals surface area contributed by atoms with E-state index in [1.54, 1.807) is 14.2 Å². The smallest absolute Gasteiger partial charge is 0.191 e. The Bertz CT molecular complexity index is 236. The Kier molecular flexibility index (Phi) is 12.8. The average molecular weight is 387 g/mol. The number of hydrogen-bond acceptors (Lipinski definition) is 4. The van der Waals surface area contributed by atoms with Gasteiger partial charge in [-0.1, -0.05) is 0 Å². The van der Waals surface area contributed by atoms with Crippen LogP contribution in [0.5, 0.6) is 0 Å². The molecule has 1 atom stereocenters. The Balaban J connectivity index is 0.00000324. The van der Waals surface area contributed by atoms with E-state index in [1.165, 1.54) is 0 Å². The zero-order valence-electron chi connectivity index (χ0n) is 11.8. The summed E-state index contributed by atoms with van der Waals surface area (Å²) in [4.78, 5) is 4.09. The lowest BCUT2D eigenvalue weighted by Crippen LogP contribution is -2.40. The summed E-state index contributed by atoms with van der Waals surface area (Å²) in [5.74, 6) is 0.771. The van der Waals surface area contributed by atoms with Crippen LogP contribution in [0.25, 0.3) is 0 Å². The third-order valence-electron chi connectivity index (χ3n) is 2.69. The number of nitrogens with one attached hydrogen (secondary N) is 2. The molecule has 1 unspecified atom stereocenters. The lowest BCUT2D eigenvalue weighted by atomic mass is 10.2. The maximum absolute atomic E-state index is 5.54. The van der Waals surface area contributed by atoms with Crippen LogP contribution >= 0.6 is 24.0 Å². The molecule has 6 nitrogen and oxygen atoms in total. The highest BCUT2D eigenvalue weighted by Crippen LogP contribution is 2.11. The molecule has 2 N–H and O–H groups in total. The van der Waals surface area contributed by atoms with E-state index >= 15 is 0 Å². The summed E-state index contributed by atoms with van der Waals surface area (Å²) in [6, 6.07) is 0. The van der Waals surface area contributed by atoms with E-state index in [0.29, 0.717) is 25.9 Å². The molecule has 1 rings (SSSR count). The van der Waals surface area contributed by atoms with E-state index in [1.807, 2.05) is 0 Å². The second kappa shape index (κ2) is 12.9. The van der Waals surface area contributed by atoms with Gasteiger partial charge >= 0.3 is 0 Å². The minimum absolute atomic E-state index is 0. The van der Waals surface area contributed by atoms with Gasteiger partial charge in [-0.2, -0.15) is 0 Å². The lowest BCUT2D eigenvalue weighted by molar-refractivity contribution is 0.0191. The fourth-order valence-corrected chi connectivity index (χ4v) is 1.72. The van der Waals surface area contributed by atoms with E-state index < -0.39 is 0 Å². The van der Waals surface area contributed by atoms with Crippen LogP contribution in [0, 0.1) is 0 Å². The van der Waals surface area contributed by atoms with Crippen molar-refractivity contribution < 1.29 is 14.2 Å². The van der Waals surface area contributed by atoms with Crippen LogP contribution in [0.1, 0.15) is 12.8 Å². The Morgan fingerprint density at radius 2 is 2.05 bits per heavy atom. The maximum Gasteiger partial charge on any atom is 0.191 e. The molecule has 1 aliphatic heterocycles. The predicted octanol–water partition coefficient (Wildman–Crippen LogP) is 0.611. The van der Waals surface area contributed by atoms with Crippen LogP contribution in [0.15, 0.2) is 4.99 Å². The molecule has 19 heavy (non-hydrogen) atoms. The number of guanidine groups is 1. The molecule has 1 heterocycles. The summed E-state index contributed by atoms with van der Waals surface area (Å²) < 4.78 is 16.0. The van der Waals surface area contributed by atoms with Gasteiger partial charge in [0, 0.05) is 33.9 Å². The summed E-state index contributed by atoms with van der Waals surface area (Å²) >= 11 is 0. The highest BCUT2D eigenvalue weighted by molar-refractivity contribution is 14.0. The largest absolute Gasteiger partial charge is 0.383 e. The maximum atomic E-state index is 5.54. The summed E-state index contributed by atoms with van der Waals surface area (Å²) in [7, 11) is 3.42. The predicted molar refractivity (Wildman–Crippen MR) is 86.4 cm³/mol. The highest BCUT2D eigenvalue weighted by atomic mass is 127. The zero-order valence-corrected chi connectivity index (χ0v) is 14.1. The SMILES string of the molecule is CN=C(NCCOC)NCCOCC1CCCO1.I. The molecule has 114 valence electrons. The number of hydrogen-bond donors (Lipinski definition) is 2. The molecule has 7 heteroatoms. The van der Waals surface area contributed by atoms with Crippen molar-refractivity contribution in [3.63, 3.8) is 0 Å². The fourth-order valence-electron chi connectivity index (χ4n) is 1.72. The van der Waals surface area contributed by atoms with Gasteiger partial charge < -0.3 is 24.8 Å². The van der Waals surface area contributed by atoms with E-state index in [4.69, 9.17) is 14.2 Å². The normalized spacial score (nSPS) is 19.1. The van der Waals surface area contributed by atoms with Gasteiger partial charge in [0.25, 0.3) is 0 Å². The molecule has 0 spiro atoms. The van der Waals surface area contributed by atoms with Crippen LogP contribution in [0.3, 0.4) is 0 Å². The summed E-state index contributed by atoms with van der Waals surface area (Å²) in [5, 5.41) is 6.31. The van der Waals surface area contributed by atoms with Crippen molar-refractivity contribution in [3.8, 4) is 0 Å². The van der Waals surface area contributed by atoms with E-state index in [0.717, 1.165) is 38.5 Å². The molecule has 0 amide bonds. The Morgan fingerprint density at radius 1 is 1.32 bits per heavy atom. The minimum atomic E-state index is 0. The number of methoxy groups -OCH3 is 1. The van der Waals surface area contributed by atoms with Gasteiger partial charge in [0.1, 0.15) is 0 Å². The monoisotopic (exact) mass is 387 g/mol. The van der Waals surface area contributed by atoms with Gasteiger partial charge in [-0.05, 0) is 12.8 Å². The number of ether oxygens (including phenoxy) is 3. The second-order valence-electron chi connectivity index (χ2n) is 4.13. The summed E-state index contributed by atoms with van der Waals surface area (Å²) in [6.45, 7) is 4.37. The molecule has 0 saturated carbocycles. The number of nitrogens with zero attached hydrogens (tertiary/aromatic N) is 1. The molecule has 0 aromatic heterocycles. The van der Waals surface area contributed by atoms with Gasteiger partial charge in [-0.15, -0.1) is 24.0 Å². The van der Waals surface area contributed by atoms with Gasteiger partial charge in [-0.3, -0.25) is 4.99 Å². The van der Waals surface area contributed by atoms with Crippen molar-refractivity contribution in [1.82, 2.24) is 10.6 Å². The quantitative estimate of drug-likeness (QED) is 0.277. The Morgan fingerprint density at radius 3 is 2.63 bits per heavy atom. The van der Waals surface area contributed by atoms with Gasteiger partial charge in [0.2, 0.25) is 0 Å². The van der Waals surface area contributed by atoms with Crippen molar-refractivity contribution in [2.75, 3.05) is 53.7 Å². The van der Waals surface area contributed by atoms with E-state index in [2.05, 4.69) is 15.6 Å². The number of halogens is 1. The topological polar surface area (TPSA) is 64.1 Å². The molecule has 0 aliphatic carbocycles. The van der Waals surface area contributed by atoms with Crippen LogP contribution in [-0.2, 0) is 14.2 Å². The molecule has 0 bridgehead atoms. The molecule has 1 aliphatic rings. The first kappa shape index (κ1) is 18.9. The Hall–Kier alpha value is -0.120. The summed E-state index contributed by atoms with van der Waals surface area (Å²) in [6.07, 6.45) is 2.57. The zero-order chi connectivity index (χ0) is 13.1. The van der Waals surface area contributed by atoms with Crippen molar-refractivity contribution >= 4 is 29.9 Å². The van der Waals surface area contributed by atoms with Gasteiger partial charge in [-0.25, -0.2) is 0 Å². The average Bonchev–Trinajstić information content (AvgIpc) is 2.89. The lowest BCUT2D eigenvalue weighted by Gasteiger charge is -2.13. The van der Waals surface area contributed by atoms with Crippen LogP contribution in [0.4, 0.5) is 0 Å². The molecule has 0 aromatic rings. The van der Waals surface area contributed by atoms with Gasteiger partial charge in [0.15, 0.2) is 5.96 Å². The van der Waals surface area contributed by atoms with E-state index in [9.17, 15) is 0 Å². The van der Waals surface area contributed by atoms with Crippen LogP contribution in [0.2, 0.25) is 0 Å². The molecular formula is C12H26IN3O3. The van der Waals surface area contributed by atoms with Crippen LogP contribution < -0.4 is 10.6 Å². The third kappa shape index (κ3) is 9.42. The first-order chi connectivity index (χ1) is 8.86.